The molecule has 0 aliphatic heterocycles. The molecule has 2 N–H and O–H groups in total. The zero-order valence-electron chi connectivity index (χ0n) is 11.0. The standard InChI is InChI=1S/C14H18N4O/c1-9-5-6-16-8-12(9)13-17-14(19-18-13)11-4-2-3-10(11)7-15/h5-6,8,10-11H,2-4,7,15H2,1H3. The summed E-state index contributed by atoms with van der Waals surface area (Å²) in [7, 11) is 0. The molecular formula is C14H18N4O. The molecule has 0 spiro atoms. The highest BCUT2D eigenvalue weighted by Gasteiger charge is 2.32. The van der Waals surface area contributed by atoms with Gasteiger partial charge < -0.3 is 10.3 Å². The van der Waals surface area contributed by atoms with Crippen LogP contribution in [-0.2, 0) is 0 Å². The molecular weight excluding hydrogens is 240 g/mol. The van der Waals surface area contributed by atoms with E-state index in [1.807, 2.05) is 13.0 Å². The molecule has 2 unspecified atom stereocenters. The highest BCUT2D eigenvalue weighted by molar-refractivity contribution is 5.57. The van der Waals surface area contributed by atoms with Gasteiger partial charge in [-0.15, -0.1) is 0 Å². The van der Waals surface area contributed by atoms with E-state index in [1.54, 1.807) is 12.4 Å². The van der Waals surface area contributed by atoms with Gasteiger partial charge in [-0.25, -0.2) is 0 Å². The molecule has 5 nitrogen and oxygen atoms in total. The van der Waals surface area contributed by atoms with E-state index in [-0.39, 0.29) is 0 Å². The maximum absolute atomic E-state index is 5.80. The van der Waals surface area contributed by atoms with Crippen molar-refractivity contribution in [3.63, 3.8) is 0 Å². The van der Waals surface area contributed by atoms with E-state index in [9.17, 15) is 0 Å². The topological polar surface area (TPSA) is 77.8 Å². The largest absolute Gasteiger partial charge is 0.339 e. The van der Waals surface area contributed by atoms with Crippen molar-refractivity contribution in [3.05, 3.63) is 29.9 Å². The Hall–Kier alpha value is -1.75. The number of nitrogens with two attached hydrogens (primary N) is 1. The Labute approximate surface area is 112 Å². The zero-order chi connectivity index (χ0) is 13.2. The van der Waals surface area contributed by atoms with Gasteiger partial charge in [0.15, 0.2) is 0 Å². The molecule has 1 aliphatic carbocycles. The fourth-order valence-corrected chi connectivity index (χ4v) is 2.84. The Morgan fingerprint density at radius 3 is 3.11 bits per heavy atom. The lowest BCUT2D eigenvalue weighted by atomic mass is 9.96. The summed E-state index contributed by atoms with van der Waals surface area (Å²) in [5.41, 5.74) is 7.84. The van der Waals surface area contributed by atoms with Crippen molar-refractivity contribution in [1.29, 1.82) is 0 Å². The molecule has 2 aromatic rings. The molecule has 0 bridgehead atoms. The number of pyridine rings is 1. The Kier molecular flexibility index (Phi) is 3.29. The second-order valence-electron chi connectivity index (χ2n) is 5.18. The Morgan fingerprint density at radius 1 is 1.42 bits per heavy atom. The third kappa shape index (κ3) is 2.26. The number of nitrogens with zero attached hydrogens (tertiary/aromatic N) is 3. The summed E-state index contributed by atoms with van der Waals surface area (Å²) < 4.78 is 5.45. The van der Waals surface area contributed by atoms with Gasteiger partial charge in [-0.3, -0.25) is 4.98 Å². The lowest BCUT2D eigenvalue weighted by Gasteiger charge is -2.12. The van der Waals surface area contributed by atoms with E-state index in [0.717, 1.165) is 29.9 Å². The quantitative estimate of drug-likeness (QED) is 0.913. The van der Waals surface area contributed by atoms with E-state index in [0.29, 0.717) is 24.2 Å². The van der Waals surface area contributed by atoms with Gasteiger partial charge in [0.05, 0.1) is 0 Å². The second-order valence-corrected chi connectivity index (χ2v) is 5.18. The average Bonchev–Trinajstić information content (AvgIpc) is 3.07. The van der Waals surface area contributed by atoms with Crippen LogP contribution in [0.15, 0.2) is 23.0 Å². The van der Waals surface area contributed by atoms with Crippen LogP contribution in [0.1, 0.15) is 36.6 Å². The number of hydrogen-bond acceptors (Lipinski definition) is 5. The van der Waals surface area contributed by atoms with Crippen molar-refractivity contribution in [2.75, 3.05) is 6.54 Å². The van der Waals surface area contributed by atoms with Crippen molar-refractivity contribution < 1.29 is 4.52 Å². The highest BCUT2D eigenvalue weighted by Crippen LogP contribution is 2.38. The molecule has 3 rings (SSSR count). The Morgan fingerprint density at radius 2 is 2.32 bits per heavy atom. The molecule has 2 heterocycles. The van der Waals surface area contributed by atoms with Crippen LogP contribution in [0.2, 0.25) is 0 Å². The van der Waals surface area contributed by atoms with Gasteiger partial charge in [-0.2, -0.15) is 4.98 Å². The van der Waals surface area contributed by atoms with Crippen LogP contribution >= 0.6 is 0 Å². The van der Waals surface area contributed by atoms with E-state index < -0.39 is 0 Å². The molecule has 1 fully saturated rings. The second kappa shape index (κ2) is 5.09. The predicted molar refractivity (Wildman–Crippen MR) is 71.4 cm³/mol. The van der Waals surface area contributed by atoms with Gasteiger partial charge >= 0.3 is 0 Å². The minimum absolute atomic E-state index is 0.322. The van der Waals surface area contributed by atoms with Gasteiger partial charge in [-0.05, 0) is 43.9 Å². The minimum atomic E-state index is 0.322. The van der Waals surface area contributed by atoms with Crippen LogP contribution in [0.3, 0.4) is 0 Å². The molecule has 0 radical (unpaired) electrons. The maximum Gasteiger partial charge on any atom is 0.230 e. The number of rotatable bonds is 3. The number of aromatic nitrogens is 3. The maximum atomic E-state index is 5.80. The lowest BCUT2D eigenvalue weighted by Crippen LogP contribution is -2.17. The molecule has 0 aromatic carbocycles. The SMILES string of the molecule is Cc1ccncc1-c1noc(C2CCCC2CN)n1. The molecule has 1 aliphatic rings. The molecule has 19 heavy (non-hydrogen) atoms. The van der Waals surface area contributed by atoms with Gasteiger partial charge in [0.25, 0.3) is 0 Å². The summed E-state index contributed by atoms with van der Waals surface area (Å²) in [5, 5.41) is 4.09. The van der Waals surface area contributed by atoms with Crippen molar-refractivity contribution in [2.24, 2.45) is 11.7 Å². The summed E-state index contributed by atoms with van der Waals surface area (Å²) in [4.78, 5) is 8.67. The van der Waals surface area contributed by atoms with Crippen molar-refractivity contribution in [2.45, 2.75) is 32.1 Å². The summed E-state index contributed by atoms with van der Waals surface area (Å²) in [6, 6.07) is 1.95. The normalized spacial score (nSPS) is 22.8. The first kappa shape index (κ1) is 12.3. The van der Waals surface area contributed by atoms with Crippen LogP contribution in [0, 0.1) is 12.8 Å². The van der Waals surface area contributed by atoms with Crippen molar-refractivity contribution in [3.8, 4) is 11.4 Å². The van der Waals surface area contributed by atoms with Crippen LogP contribution in [0.25, 0.3) is 11.4 Å². The van der Waals surface area contributed by atoms with E-state index >= 15 is 0 Å². The number of hydrogen-bond donors (Lipinski definition) is 1. The summed E-state index contributed by atoms with van der Waals surface area (Å²) in [6.45, 7) is 2.71. The zero-order valence-corrected chi connectivity index (χ0v) is 11.0. The summed E-state index contributed by atoms with van der Waals surface area (Å²) >= 11 is 0. The smallest absolute Gasteiger partial charge is 0.230 e. The minimum Gasteiger partial charge on any atom is -0.339 e. The lowest BCUT2D eigenvalue weighted by molar-refractivity contribution is 0.326. The third-order valence-corrected chi connectivity index (χ3v) is 4.00. The van der Waals surface area contributed by atoms with Crippen LogP contribution in [0.5, 0.6) is 0 Å². The van der Waals surface area contributed by atoms with Gasteiger partial charge in [0.1, 0.15) is 0 Å². The number of aryl methyl sites for hydroxylation is 1. The first-order valence-electron chi connectivity index (χ1n) is 6.74. The van der Waals surface area contributed by atoms with Gasteiger partial charge in [-0.1, -0.05) is 11.6 Å². The fourth-order valence-electron chi connectivity index (χ4n) is 2.84. The van der Waals surface area contributed by atoms with Crippen LogP contribution in [-0.4, -0.2) is 21.7 Å². The monoisotopic (exact) mass is 258 g/mol. The summed E-state index contributed by atoms with van der Waals surface area (Å²) in [5.74, 6) is 2.15. The molecule has 100 valence electrons. The van der Waals surface area contributed by atoms with Crippen LogP contribution in [0.4, 0.5) is 0 Å². The fraction of sp³-hybridized carbons (Fsp3) is 0.500. The molecule has 1 saturated carbocycles. The first-order chi connectivity index (χ1) is 9.29. The molecule has 2 atom stereocenters. The predicted octanol–water partition coefficient (Wildman–Crippen LogP) is 2.28. The molecule has 0 amide bonds. The Balaban J connectivity index is 1.90. The van der Waals surface area contributed by atoms with E-state index in [4.69, 9.17) is 10.3 Å². The summed E-state index contributed by atoms with van der Waals surface area (Å²) in [6.07, 6.45) is 6.98. The van der Waals surface area contributed by atoms with E-state index in [2.05, 4.69) is 15.1 Å². The average molecular weight is 258 g/mol. The molecule has 2 aromatic heterocycles. The Bertz CT molecular complexity index is 566. The third-order valence-electron chi connectivity index (χ3n) is 4.00. The molecule has 5 heteroatoms. The van der Waals surface area contributed by atoms with E-state index in [1.165, 1.54) is 6.42 Å². The van der Waals surface area contributed by atoms with Gasteiger partial charge in [0, 0.05) is 23.9 Å². The van der Waals surface area contributed by atoms with Crippen molar-refractivity contribution in [1.82, 2.24) is 15.1 Å². The van der Waals surface area contributed by atoms with Crippen molar-refractivity contribution >= 4 is 0 Å². The highest BCUT2D eigenvalue weighted by atomic mass is 16.5. The molecule has 0 saturated heterocycles. The first-order valence-corrected chi connectivity index (χ1v) is 6.74. The van der Waals surface area contributed by atoms with Crippen LogP contribution < -0.4 is 5.73 Å². The van der Waals surface area contributed by atoms with Gasteiger partial charge in [0.2, 0.25) is 11.7 Å².